The smallest absolute Gasteiger partial charge is 0.493 e. The molecule has 1 saturated heterocycles. The molecular formula is C27H33N3O6. The Morgan fingerprint density at radius 2 is 1.83 bits per heavy atom. The van der Waals surface area contributed by atoms with Gasteiger partial charge in [-0.15, -0.1) is 0 Å². The number of methoxy groups -OCH3 is 1. The van der Waals surface area contributed by atoms with Gasteiger partial charge in [-0.3, -0.25) is 9.69 Å². The summed E-state index contributed by atoms with van der Waals surface area (Å²) in [5, 5.41) is 11.7. The molecular weight excluding hydrogens is 462 g/mol. The first-order valence-corrected chi connectivity index (χ1v) is 12.7. The quantitative estimate of drug-likeness (QED) is 0.428. The van der Waals surface area contributed by atoms with Crippen molar-refractivity contribution in [1.29, 1.82) is 0 Å². The number of carboxylic acid groups (broad SMARTS) is 1. The largest absolute Gasteiger partial charge is 0.511 e. The Morgan fingerprint density at radius 3 is 2.56 bits per heavy atom. The molecule has 9 nitrogen and oxygen atoms in total. The molecule has 192 valence electrons. The zero-order valence-electron chi connectivity index (χ0n) is 20.6. The van der Waals surface area contributed by atoms with E-state index in [1.54, 1.807) is 19.2 Å². The first kappa shape index (κ1) is 24.2. The molecule has 0 atom stereocenters. The number of ether oxygens (including phenoxy) is 3. The Kier molecular flexibility index (Phi) is 7.18. The summed E-state index contributed by atoms with van der Waals surface area (Å²) in [5.74, 6) is 1.70. The topological polar surface area (TPSA) is 101 Å². The van der Waals surface area contributed by atoms with Crippen LogP contribution in [0.2, 0.25) is 0 Å². The number of rotatable bonds is 7. The lowest BCUT2D eigenvalue weighted by atomic mass is 10.00. The Bertz CT molecular complexity index is 1110. The van der Waals surface area contributed by atoms with Crippen LogP contribution >= 0.6 is 0 Å². The summed E-state index contributed by atoms with van der Waals surface area (Å²) in [6.45, 7) is 2.97. The van der Waals surface area contributed by atoms with Gasteiger partial charge in [0.1, 0.15) is 5.75 Å². The fraction of sp³-hybridized carbons (Fsp3) is 0.481. The van der Waals surface area contributed by atoms with Crippen molar-refractivity contribution in [1.82, 2.24) is 4.90 Å². The predicted molar refractivity (Wildman–Crippen MR) is 135 cm³/mol. The first-order valence-electron chi connectivity index (χ1n) is 12.7. The van der Waals surface area contributed by atoms with E-state index in [4.69, 9.17) is 19.3 Å². The van der Waals surface area contributed by atoms with E-state index in [0.29, 0.717) is 5.69 Å². The van der Waals surface area contributed by atoms with E-state index in [9.17, 15) is 9.59 Å². The van der Waals surface area contributed by atoms with Crippen molar-refractivity contribution in [2.45, 2.75) is 57.2 Å². The van der Waals surface area contributed by atoms with Crippen LogP contribution in [0, 0.1) is 0 Å². The third-order valence-electron chi connectivity index (χ3n) is 7.30. The minimum absolute atomic E-state index is 0.106. The molecule has 0 bridgehead atoms. The van der Waals surface area contributed by atoms with Gasteiger partial charge in [-0.05, 0) is 68.4 Å². The van der Waals surface area contributed by atoms with Crippen LogP contribution in [0.15, 0.2) is 36.4 Å². The van der Waals surface area contributed by atoms with Gasteiger partial charge in [-0.1, -0.05) is 6.07 Å². The van der Waals surface area contributed by atoms with Gasteiger partial charge in [0.05, 0.1) is 31.1 Å². The summed E-state index contributed by atoms with van der Waals surface area (Å²) in [7, 11) is 1.68. The number of anilines is 2. The summed E-state index contributed by atoms with van der Waals surface area (Å²) in [5.41, 5.74) is 2.69. The molecule has 9 heteroatoms. The molecule has 2 heterocycles. The summed E-state index contributed by atoms with van der Waals surface area (Å²) >= 11 is 0. The monoisotopic (exact) mass is 495 g/mol. The maximum absolute atomic E-state index is 12.4. The third-order valence-corrected chi connectivity index (χ3v) is 7.30. The maximum Gasteiger partial charge on any atom is 0.511 e. The summed E-state index contributed by atoms with van der Waals surface area (Å²) < 4.78 is 16.5. The van der Waals surface area contributed by atoms with Crippen molar-refractivity contribution in [3.8, 4) is 17.2 Å². The Balaban J connectivity index is 1.22. The van der Waals surface area contributed by atoms with Crippen LogP contribution in [0.5, 0.6) is 17.2 Å². The number of nitrogens with zero attached hydrogens (tertiary/aromatic N) is 2. The average Bonchev–Trinajstić information content (AvgIpc) is 3.37. The van der Waals surface area contributed by atoms with Crippen LogP contribution in [-0.2, 0) is 11.3 Å². The van der Waals surface area contributed by atoms with Crippen LogP contribution in [0.4, 0.5) is 16.2 Å². The molecule has 1 aliphatic carbocycles. The van der Waals surface area contributed by atoms with Gasteiger partial charge in [0.2, 0.25) is 5.91 Å². The highest BCUT2D eigenvalue weighted by atomic mass is 16.7. The molecule has 5 rings (SSSR count). The minimum Gasteiger partial charge on any atom is -0.493 e. The molecule has 2 N–H and O–H groups in total. The number of piperidine rings is 1. The van der Waals surface area contributed by atoms with E-state index in [-0.39, 0.29) is 30.3 Å². The van der Waals surface area contributed by atoms with E-state index in [1.165, 1.54) is 18.4 Å². The number of likely N-dealkylation sites (tertiary alicyclic amines) is 1. The molecule has 2 aliphatic heterocycles. The second-order valence-electron chi connectivity index (χ2n) is 9.74. The second kappa shape index (κ2) is 10.7. The molecule has 2 fully saturated rings. The van der Waals surface area contributed by atoms with Crippen LogP contribution in [0.3, 0.4) is 0 Å². The second-order valence-corrected chi connectivity index (χ2v) is 9.74. The molecule has 0 aromatic heterocycles. The zero-order chi connectivity index (χ0) is 25.1. The van der Waals surface area contributed by atoms with E-state index < -0.39 is 6.16 Å². The highest BCUT2D eigenvalue weighted by molar-refractivity contribution is 6.01. The lowest BCUT2D eigenvalue weighted by molar-refractivity contribution is -0.115. The van der Waals surface area contributed by atoms with Crippen LogP contribution in [0.1, 0.15) is 44.1 Å². The molecule has 0 radical (unpaired) electrons. The minimum atomic E-state index is -1.38. The van der Waals surface area contributed by atoms with Gasteiger partial charge in [-0.2, -0.15) is 0 Å². The Hall–Kier alpha value is -3.46. The van der Waals surface area contributed by atoms with Crippen molar-refractivity contribution in [2.24, 2.45) is 0 Å². The van der Waals surface area contributed by atoms with E-state index in [2.05, 4.69) is 27.2 Å². The number of carbonyl (C=O) groups excluding carboxylic acids is 1. The predicted octanol–water partition coefficient (Wildman–Crippen LogP) is 4.50. The average molecular weight is 496 g/mol. The fourth-order valence-electron chi connectivity index (χ4n) is 5.53. The van der Waals surface area contributed by atoms with E-state index >= 15 is 0 Å². The van der Waals surface area contributed by atoms with Crippen molar-refractivity contribution < 1.29 is 28.9 Å². The molecule has 2 aromatic rings. The number of carbonyl (C=O) groups is 2. The molecule has 3 aliphatic rings. The lowest BCUT2D eigenvalue weighted by Crippen LogP contribution is -2.49. The SMILES string of the molecule is COc1ccc(CN2CCC(N3CC(=O)Nc4cc(OC(=O)O)ccc43)CC2)cc1OC1CCCC1. The highest BCUT2D eigenvalue weighted by Gasteiger charge is 2.31. The summed E-state index contributed by atoms with van der Waals surface area (Å²) in [6.07, 6.45) is 5.42. The van der Waals surface area contributed by atoms with Gasteiger partial charge in [-0.25, -0.2) is 4.79 Å². The summed E-state index contributed by atoms with van der Waals surface area (Å²) in [6, 6.07) is 11.5. The van der Waals surface area contributed by atoms with Crippen LogP contribution in [0.25, 0.3) is 0 Å². The van der Waals surface area contributed by atoms with Gasteiger partial charge in [0, 0.05) is 31.7 Å². The van der Waals surface area contributed by atoms with Crippen LogP contribution in [-0.4, -0.2) is 61.0 Å². The first-order chi connectivity index (χ1) is 17.5. The molecule has 0 unspecified atom stereocenters. The number of fused-ring (bicyclic) bond motifs is 1. The van der Waals surface area contributed by atoms with E-state index in [1.807, 2.05) is 12.1 Å². The van der Waals surface area contributed by atoms with Crippen molar-refractivity contribution in [3.63, 3.8) is 0 Å². The number of hydrogen-bond acceptors (Lipinski definition) is 7. The van der Waals surface area contributed by atoms with Crippen LogP contribution < -0.4 is 24.4 Å². The number of nitrogens with one attached hydrogen (secondary N) is 1. The standard InChI is InChI=1S/C27H33N3O6/c1-34-24-9-6-18(14-25(24)35-20-4-2-3-5-20)16-29-12-10-19(11-13-29)30-17-26(31)28-22-15-21(36-27(32)33)7-8-23(22)30/h6-9,14-15,19-20H,2-5,10-13,16-17H2,1H3,(H,28,31)(H,32,33). The molecule has 2 aromatic carbocycles. The lowest BCUT2D eigenvalue weighted by Gasteiger charge is -2.42. The summed E-state index contributed by atoms with van der Waals surface area (Å²) in [4.78, 5) is 27.8. The number of hydrogen-bond donors (Lipinski definition) is 2. The normalized spacial score (nSPS) is 19.0. The fourth-order valence-corrected chi connectivity index (χ4v) is 5.53. The maximum atomic E-state index is 12.4. The number of benzene rings is 2. The Morgan fingerprint density at radius 1 is 1.06 bits per heavy atom. The highest BCUT2D eigenvalue weighted by Crippen LogP contribution is 2.37. The van der Waals surface area contributed by atoms with Crippen molar-refractivity contribution in [3.05, 3.63) is 42.0 Å². The molecule has 1 amide bonds. The van der Waals surface area contributed by atoms with Gasteiger partial charge >= 0.3 is 6.16 Å². The van der Waals surface area contributed by atoms with Crippen molar-refractivity contribution >= 4 is 23.4 Å². The van der Waals surface area contributed by atoms with Gasteiger partial charge in [0.15, 0.2) is 11.5 Å². The van der Waals surface area contributed by atoms with Crippen molar-refractivity contribution in [2.75, 3.05) is 37.0 Å². The van der Waals surface area contributed by atoms with Gasteiger partial charge < -0.3 is 29.5 Å². The number of amides is 1. The zero-order valence-corrected chi connectivity index (χ0v) is 20.6. The third kappa shape index (κ3) is 5.51. The molecule has 1 saturated carbocycles. The Labute approximate surface area is 210 Å². The molecule has 0 spiro atoms. The molecule has 36 heavy (non-hydrogen) atoms. The van der Waals surface area contributed by atoms with Gasteiger partial charge in [0.25, 0.3) is 0 Å². The van der Waals surface area contributed by atoms with E-state index in [0.717, 1.165) is 62.5 Å².